The molecule has 1 aromatic heterocycles. The van der Waals surface area contributed by atoms with E-state index in [1.807, 2.05) is 17.9 Å². The zero-order valence-electron chi connectivity index (χ0n) is 10.5. The van der Waals surface area contributed by atoms with Crippen LogP contribution in [0.3, 0.4) is 0 Å². The molecule has 1 aromatic carbocycles. The number of nitrogens with zero attached hydrogens (tertiary/aromatic N) is 2. The number of benzene rings is 1. The lowest BCUT2D eigenvalue weighted by Gasteiger charge is -2.06. The molecule has 0 saturated heterocycles. The van der Waals surface area contributed by atoms with Crippen LogP contribution in [0.25, 0.3) is 0 Å². The second-order valence-electron chi connectivity index (χ2n) is 4.52. The smallest absolute Gasteiger partial charge is 0.107 e. The Kier molecular flexibility index (Phi) is 3.67. The highest BCUT2D eigenvalue weighted by atomic mass is 79.9. The standard InChI is InChI=1S/C14H17BrN2/c1-10-4-5-12(11(2)8-10)6-7-13-14(15)17(3)9-16-13/h4-5,8-9H,6-7H2,1-3H3. The molecule has 0 fully saturated rings. The van der Waals surface area contributed by atoms with Crippen molar-refractivity contribution in [2.45, 2.75) is 26.7 Å². The zero-order valence-corrected chi connectivity index (χ0v) is 12.1. The minimum absolute atomic E-state index is 0.978. The van der Waals surface area contributed by atoms with Gasteiger partial charge in [0, 0.05) is 7.05 Å². The molecule has 0 unspecified atom stereocenters. The fraction of sp³-hybridized carbons (Fsp3) is 0.357. The van der Waals surface area contributed by atoms with Gasteiger partial charge in [-0.25, -0.2) is 4.98 Å². The van der Waals surface area contributed by atoms with E-state index in [0.29, 0.717) is 0 Å². The highest BCUT2D eigenvalue weighted by Crippen LogP contribution is 2.18. The van der Waals surface area contributed by atoms with E-state index in [1.54, 1.807) is 0 Å². The van der Waals surface area contributed by atoms with Gasteiger partial charge < -0.3 is 4.57 Å². The van der Waals surface area contributed by atoms with E-state index >= 15 is 0 Å². The largest absolute Gasteiger partial charge is 0.328 e. The summed E-state index contributed by atoms with van der Waals surface area (Å²) in [4.78, 5) is 4.39. The van der Waals surface area contributed by atoms with Gasteiger partial charge in [-0.1, -0.05) is 23.8 Å². The summed E-state index contributed by atoms with van der Waals surface area (Å²) in [6.07, 6.45) is 3.87. The molecule has 1 heterocycles. The van der Waals surface area contributed by atoms with E-state index in [0.717, 1.165) is 23.1 Å². The summed E-state index contributed by atoms with van der Waals surface area (Å²) in [5.74, 6) is 0. The van der Waals surface area contributed by atoms with Gasteiger partial charge in [0.25, 0.3) is 0 Å². The van der Waals surface area contributed by atoms with Crippen LogP contribution in [-0.2, 0) is 19.9 Å². The first-order valence-corrected chi connectivity index (χ1v) is 6.59. The van der Waals surface area contributed by atoms with Crippen LogP contribution in [0.15, 0.2) is 29.1 Å². The molecule has 2 aromatic rings. The van der Waals surface area contributed by atoms with Crippen LogP contribution in [0.5, 0.6) is 0 Å². The Bertz CT molecular complexity index is 529. The van der Waals surface area contributed by atoms with E-state index < -0.39 is 0 Å². The average molecular weight is 293 g/mol. The number of hydrogen-bond donors (Lipinski definition) is 0. The Labute approximate surface area is 111 Å². The van der Waals surface area contributed by atoms with Crippen LogP contribution >= 0.6 is 15.9 Å². The molecule has 90 valence electrons. The summed E-state index contributed by atoms with van der Waals surface area (Å²) >= 11 is 3.55. The van der Waals surface area contributed by atoms with Crippen molar-refractivity contribution in [3.63, 3.8) is 0 Å². The number of hydrogen-bond acceptors (Lipinski definition) is 1. The van der Waals surface area contributed by atoms with Gasteiger partial charge in [-0.3, -0.25) is 0 Å². The van der Waals surface area contributed by atoms with Gasteiger partial charge in [0.15, 0.2) is 0 Å². The van der Waals surface area contributed by atoms with Gasteiger partial charge in [0.05, 0.1) is 12.0 Å². The van der Waals surface area contributed by atoms with Crippen LogP contribution in [0.1, 0.15) is 22.4 Å². The first-order valence-electron chi connectivity index (χ1n) is 5.79. The van der Waals surface area contributed by atoms with E-state index in [2.05, 4.69) is 53.0 Å². The highest BCUT2D eigenvalue weighted by molar-refractivity contribution is 9.10. The number of rotatable bonds is 3. The van der Waals surface area contributed by atoms with E-state index in [1.165, 1.54) is 16.7 Å². The fourth-order valence-electron chi connectivity index (χ4n) is 2.01. The van der Waals surface area contributed by atoms with Gasteiger partial charge in [-0.15, -0.1) is 0 Å². The molecule has 0 radical (unpaired) electrons. The molecule has 2 rings (SSSR count). The van der Waals surface area contributed by atoms with Crippen molar-refractivity contribution in [2.75, 3.05) is 0 Å². The molecule has 3 heteroatoms. The molecule has 0 N–H and O–H groups in total. The van der Waals surface area contributed by atoms with E-state index in [-0.39, 0.29) is 0 Å². The Morgan fingerprint density at radius 3 is 2.59 bits per heavy atom. The van der Waals surface area contributed by atoms with Crippen LogP contribution < -0.4 is 0 Å². The predicted molar refractivity (Wildman–Crippen MR) is 74.2 cm³/mol. The molecular weight excluding hydrogens is 276 g/mol. The third-order valence-corrected chi connectivity index (χ3v) is 4.08. The molecule has 0 aliphatic heterocycles. The first-order chi connectivity index (χ1) is 8.08. The summed E-state index contributed by atoms with van der Waals surface area (Å²) in [5.41, 5.74) is 5.24. The van der Waals surface area contributed by atoms with Gasteiger partial charge in [-0.2, -0.15) is 0 Å². The molecule has 0 spiro atoms. The van der Waals surface area contributed by atoms with E-state index in [4.69, 9.17) is 0 Å². The van der Waals surface area contributed by atoms with Crippen LogP contribution in [0.4, 0.5) is 0 Å². The summed E-state index contributed by atoms with van der Waals surface area (Å²) in [6, 6.07) is 6.64. The normalized spacial score (nSPS) is 10.8. The maximum atomic E-state index is 4.39. The first kappa shape index (κ1) is 12.4. The van der Waals surface area contributed by atoms with Crippen LogP contribution in [0, 0.1) is 13.8 Å². The van der Waals surface area contributed by atoms with Gasteiger partial charge in [0.1, 0.15) is 4.60 Å². The maximum Gasteiger partial charge on any atom is 0.107 e. The Morgan fingerprint density at radius 1 is 1.24 bits per heavy atom. The molecule has 2 nitrogen and oxygen atoms in total. The summed E-state index contributed by atoms with van der Waals surface area (Å²) in [7, 11) is 2.00. The zero-order chi connectivity index (χ0) is 12.4. The van der Waals surface area contributed by atoms with Crippen molar-refractivity contribution in [3.8, 4) is 0 Å². The second kappa shape index (κ2) is 5.05. The molecular formula is C14H17BrN2. The lowest BCUT2D eigenvalue weighted by atomic mass is 10.0. The second-order valence-corrected chi connectivity index (χ2v) is 5.27. The van der Waals surface area contributed by atoms with Crippen molar-refractivity contribution in [1.29, 1.82) is 0 Å². The van der Waals surface area contributed by atoms with Crippen LogP contribution in [-0.4, -0.2) is 9.55 Å². The topological polar surface area (TPSA) is 17.8 Å². The number of imidazole rings is 1. The SMILES string of the molecule is Cc1ccc(CCc2ncn(C)c2Br)c(C)c1. The molecule has 0 atom stereocenters. The van der Waals surface area contributed by atoms with Gasteiger partial charge in [0.2, 0.25) is 0 Å². The molecule has 0 bridgehead atoms. The van der Waals surface area contributed by atoms with E-state index in [9.17, 15) is 0 Å². The molecule has 0 saturated carbocycles. The molecule has 0 amide bonds. The summed E-state index contributed by atoms with van der Waals surface area (Å²) < 4.78 is 3.08. The van der Waals surface area contributed by atoms with Crippen molar-refractivity contribution >= 4 is 15.9 Å². The van der Waals surface area contributed by atoms with Crippen molar-refractivity contribution in [3.05, 3.63) is 51.5 Å². The number of aryl methyl sites for hydroxylation is 5. The summed E-state index contributed by atoms with van der Waals surface area (Å²) in [6.45, 7) is 4.31. The number of aromatic nitrogens is 2. The third kappa shape index (κ3) is 2.78. The van der Waals surface area contributed by atoms with Crippen molar-refractivity contribution in [1.82, 2.24) is 9.55 Å². The molecule has 0 aliphatic rings. The summed E-state index contributed by atoms with van der Waals surface area (Å²) in [5, 5.41) is 0. The monoisotopic (exact) mass is 292 g/mol. The average Bonchev–Trinajstić information content (AvgIpc) is 2.59. The third-order valence-electron chi connectivity index (χ3n) is 3.06. The Balaban J connectivity index is 2.10. The Morgan fingerprint density at radius 2 is 2.00 bits per heavy atom. The van der Waals surface area contributed by atoms with Crippen molar-refractivity contribution < 1.29 is 0 Å². The minimum Gasteiger partial charge on any atom is -0.328 e. The lowest BCUT2D eigenvalue weighted by Crippen LogP contribution is -1.96. The quantitative estimate of drug-likeness (QED) is 0.845. The lowest BCUT2D eigenvalue weighted by molar-refractivity contribution is 0.874. The van der Waals surface area contributed by atoms with Crippen molar-refractivity contribution in [2.24, 2.45) is 7.05 Å². The molecule has 0 aliphatic carbocycles. The predicted octanol–water partition coefficient (Wildman–Crippen LogP) is 3.58. The maximum absolute atomic E-state index is 4.39. The minimum atomic E-state index is 0.978. The van der Waals surface area contributed by atoms with Gasteiger partial charge >= 0.3 is 0 Å². The van der Waals surface area contributed by atoms with Gasteiger partial charge in [-0.05, 0) is 53.7 Å². The Hall–Kier alpha value is -1.09. The molecule has 17 heavy (non-hydrogen) atoms. The highest BCUT2D eigenvalue weighted by Gasteiger charge is 2.06. The number of halogens is 1. The fourth-order valence-corrected chi connectivity index (χ4v) is 2.40. The van der Waals surface area contributed by atoms with Crippen LogP contribution in [0.2, 0.25) is 0 Å².